The molecule has 1 aliphatic rings. The lowest BCUT2D eigenvalue weighted by Gasteiger charge is -2.15. The lowest BCUT2D eigenvalue weighted by atomic mass is 10.2. The van der Waals surface area contributed by atoms with Crippen molar-refractivity contribution in [3.63, 3.8) is 0 Å². The zero-order valence-electron chi connectivity index (χ0n) is 10.9. The number of ether oxygens (including phenoxy) is 2. The second kappa shape index (κ2) is 6.08. The Morgan fingerprint density at radius 2 is 2.29 bits per heavy atom. The summed E-state index contributed by atoms with van der Waals surface area (Å²) in [5.41, 5.74) is 3.33. The van der Waals surface area contributed by atoms with E-state index in [1.165, 1.54) is 0 Å². The van der Waals surface area contributed by atoms with Crippen LogP contribution >= 0.6 is 0 Å². The molecule has 1 aliphatic heterocycles. The number of amides is 1. The van der Waals surface area contributed by atoms with Gasteiger partial charge in [-0.05, 0) is 0 Å². The largest absolute Gasteiger partial charge is 0.477 e. The molecule has 1 saturated heterocycles. The number of nitrogens with one attached hydrogen (secondary N) is 1. The van der Waals surface area contributed by atoms with Gasteiger partial charge in [0.15, 0.2) is 6.61 Å². The van der Waals surface area contributed by atoms with E-state index < -0.39 is 48.8 Å². The van der Waals surface area contributed by atoms with Crippen LogP contribution in [-0.4, -0.2) is 51.1 Å². The fraction of sp³-hybridized carbons (Fsp3) is 0.545. The molecule has 0 bridgehead atoms. The molecule has 10 nitrogen and oxygen atoms in total. The third-order valence-electron chi connectivity index (χ3n) is 3.00. The Kier molecular flexibility index (Phi) is 4.40. The summed E-state index contributed by atoms with van der Waals surface area (Å²) in [5, 5.41) is 18.7. The molecule has 0 aliphatic carbocycles. The highest BCUT2D eigenvalue weighted by molar-refractivity contribution is 5.75. The zero-order chi connectivity index (χ0) is 15.6. The monoisotopic (exact) mass is 301 g/mol. The van der Waals surface area contributed by atoms with Crippen LogP contribution in [0.1, 0.15) is 12.6 Å². The van der Waals surface area contributed by atoms with Gasteiger partial charge in [0.25, 0.3) is 11.5 Å². The van der Waals surface area contributed by atoms with Crippen LogP contribution in [0.5, 0.6) is 5.75 Å². The highest BCUT2D eigenvalue weighted by Gasteiger charge is 2.35. The van der Waals surface area contributed by atoms with Gasteiger partial charge in [-0.1, -0.05) is 0 Å². The molecule has 0 aromatic carbocycles. The summed E-state index contributed by atoms with van der Waals surface area (Å²) in [6, 6.07) is 0. The first-order valence-corrected chi connectivity index (χ1v) is 6.13. The van der Waals surface area contributed by atoms with Crippen molar-refractivity contribution in [3.8, 4) is 5.75 Å². The molecule has 2 rings (SSSR count). The van der Waals surface area contributed by atoms with Gasteiger partial charge in [0.05, 0.1) is 18.9 Å². The van der Waals surface area contributed by atoms with E-state index in [4.69, 9.17) is 20.3 Å². The predicted octanol–water partition coefficient (Wildman–Crippen LogP) is -2.96. The van der Waals surface area contributed by atoms with Crippen LogP contribution in [-0.2, 0) is 9.53 Å². The first-order valence-electron chi connectivity index (χ1n) is 6.13. The second-order valence-electron chi connectivity index (χ2n) is 4.53. The topological polar surface area (TPSA) is 157 Å². The second-order valence-corrected chi connectivity index (χ2v) is 4.53. The van der Waals surface area contributed by atoms with Crippen LogP contribution in [0, 0.1) is 0 Å². The van der Waals surface area contributed by atoms with Crippen molar-refractivity contribution < 1.29 is 24.5 Å². The molecule has 0 radical (unpaired) electrons. The molecule has 1 amide bonds. The number of rotatable bonds is 5. The summed E-state index contributed by atoms with van der Waals surface area (Å²) < 4.78 is 11.2. The van der Waals surface area contributed by atoms with Crippen LogP contribution in [0.15, 0.2) is 15.8 Å². The number of hydrogen-bond donors (Lipinski definition) is 4. The number of hydrogen-bond acceptors (Lipinski definition) is 7. The van der Waals surface area contributed by atoms with E-state index in [0.29, 0.717) is 0 Å². The van der Waals surface area contributed by atoms with Gasteiger partial charge in [0.1, 0.15) is 12.3 Å². The fourth-order valence-corrected chi connectivity index (χ4v) is 1.98. The minimum absolute atomic E-state index is 0.0619. The Bertz CT molecular complexity index is 637. The quantitative estimate of drug-likeness (QED) is 0.452. The molecule has 1 aromatic rings. The van der Waals surface area contributed by atoms with Crippen LogP contribution in [0.25, 0.3) is 0 Å². The maximum absolute atomic E-state index is 11.8. The van der Waals surface area contributed by atoms with Gasteiger partial charge in [0, 0.05) is 6.42 Å². The number of aromatic amines is 1. The van der Waals surface area contributed by atoms with E-state index in [1.54, 1.807) is 0 Å². The summed E-state index contributed by atoms with van der Waals surface area (Å²) >= 11 is 0. The highest BCUT2D eigenvalue weighted by atomic mass is 16.5. The summed E-state index contributed by atoms with van der Waals surface area (Å²) in [5.74, 6) is -1.06. The molecule has 0 spiro atoms. The number of nitrogens with zero attached hydrogens (tertiary/aromatic N) is 1. The third kappa shape index (κ3) is 3.29. The molecule has 10 heteroatoms. The van der Waals surface area contributed by atoms with Crippen molar-refractivity contribution >= 4 is 5.91 Å². The van der Waals surface area contributed by atoms with Gasteiger partial charge in [0.2, 0.25) is 5.75 Å². The Balaban J connectivity index is 2.28. The van der Waals surface area contributed by atoms with Gasteiger partial charge in [-0.3, -0.25) is 19.1 Å². The van der Waals surface area contributed by atoms with E-state index in [-0.39, 0.29) is 12.2 Å². The van der Waals surface area contributed by atoms with Crippen molar-refractivity contribution in [2.75, 3.05) is 13.2 Å². The lowest BCUT2D eigenvalue weighted by Crippen LogP contribution is -2.34. The first-order chi connectivity index (χ1) is 9.92. The van der Waals surface area contributed by atoms with Crippen molar-refractivity contribution in [1.29, 1.82) is 0 Å². The van der Waals surface area contributed by atoms with E-state index in [2.05, 4.69) is 0 Å². The normalized spacial score (nSPS) is 25.0. The number of aromatic nitrogens is 2. The number of aliphatic hydroxyl groups is 2. The number of aliphatic hydroxyl groups excluding tert-OH is 2. The number of H-pyrrole nitrogens is 1. The average molecular weight is 301 g/mol. The predicted molar refractivity (Wildman–Crippen MR) is 67.6 cm³/mol. The van der Waals surface area contributed by atoms with Crippen LogP contribution < -0.4 is 21.7 Å². The number of carbonyl (C=O) groups is 1. The van der Waals surface area contributed by atoms with Gasteiger partial charge in [-0.15, -0.1) is 0 Å². The van der Waals surface area contributed by atoms with Gasteiger partial charge >= 0.3 is 5.69 Å². The Morgan fingerprint density at radius 1 is 1.57 bits per heavy atom. The Morgan fingerprint density at radius 3 is 2.86 bits per heavy atom. The van der Waals surface area contributed by atoms with E-state index >= 15 is 0 Å². The molecule has 3 atom stereocenters. The molecular formula is C11H15N3O7. The maximum atomic E-state index is 11.8. The van der Waals surface area contributed by atoms with Gasteiger partial charge < -0.3 is 25.4 Å². The summed E-state index contributed by atoms with van der Waals surface area (Å²) in [6.07, 6.45) is -1.48. The molecule has 2 heterocycles. The number of nitrogens with two attached hydrogens (primary N) is 1. The molecular weight excluding hydrogens is 286 g/mol. The minimum atomic E-state index is -0.936. The molecule has 1 aromatic heterocycles. The Hall–Kier alpha value is -2.17. The van der Waals surface area contributed by atoms with E-state index in [9.17, 15) is 19.5 Å². The first kappa shape index (κ1) is 15.2. The van der Waals surface area contributed by atoms with Crippen molar-refractivity contribution in [1.82, 2.24) is 9.55 Å². The average Bonchev–Trinajstić information content (AvgIpc) is 2.78. The van der Waals surface area contributed by atoms with E-state index in [0.717, 1.165) is 10.8 Å². The third-order valence-corrected chi connectivity index (χ3v) is 3.00. The van der Waals surface area contributed by atoms with Crippen LogP contribution in [0.4, 0.5) is 0 Å². The number of primary amides is 1. The van der Waals surface area contributed by atoms with E-state index in [1.807, 2.05) is 4.98 Å². The smallest absolute Gasteiger partial charge is 0.330 e. The maximum Gasteiger partial charge on any atom is 0.330 e. The van der Waals surface area contributed by atoms with Crippen molar-refractivity contribution in [3.05, 3.63) is 27.0 Å². The van der Waals surface area contributed by atoms with Gasteiger partial charge in [-0.2, -0.15) is 0 Å². The highest BCUT2D eigenvalue weighted by Crippen LogP contribution is 2.27. The van der Waals surface area contributed by atoms with Crippen LogP contribution in [0.2, 0.25) is 0 Å². The summed E-state index contributed by atoms with van der Waals surface area (Å²) in [4.78, 5) is 35.9. The van der Waals surface area contributed by atoms with Crippen molar-refractivity contribution in [2.24, 2.45) is 5.73 Å². The van der Waals surface area contributed by atoms with Gasteiger partial charge in [-0.25, -0.2) is 4.79 Å². The Labute approximate surface area is 117 Å². The molecule has 0 saturated carbocycles. The molecule has 5 N–H and O–H groups in total. The van der Waals surface area contributed by atoms with Crippen LogP contribution in [0.3, 0.4) is 0 Å². The standard InChI is InChI=1S/C11H15N3O7/c12-8(17)4-20-6-2-14(11(19)13-10(6)18)9-1-5(16)7(3-15)21-9/h2,5,7,9,15-16H,1,3-4H2,(H2,12,17)(H,13,18,19)/t5-,7+,9+/m0/s1. The zero-order valence-corrected chi connectivity index (χ0v) is 10.9. The summed E-state index contributed by atoms with van der Waals surface area (Å²) in [7, 11) is 0. The molecule has 1 fully saturated rings. The summed E-state index contributed by atoms with van der Waals surface area (Å²) in [6.45, 7) is -0.921. The lowest BCUT2D eigenvalue weighted by molar-refractivity contribution is -0.120. The molecule has 0 unspecified atom stereocenters. The minimum Gasteiger partial charge on any atom is -0.477 e. The number of carbonyl (C=O) groups excluding carboxylic acids is 1. The van der Waals surface area contributed by atoms with Crippen molar-refractivity contribution in [2.45, 2.75) is 24.9 Å². The fourth-order valence-electron chi connectivity index (χ4n) is 1.98. The molecule has 21 heavy (non-hydrogen) atoms. The molecule has 116 valence electrons. The SMILES string of the molecule is NC(=O)COc1cn([C@H]2C[C@H](O)[C@@H](CO)O2)c(=O)[nH]c1=O.